The molecule has 13 heavy (non-hydrogen) atoms. The predicted molar refractivity (Wildman–Crippen MR) is 53.2 cm³/mol. The fraction of sp³-hybridized carbons (Fsp3) is 0.857. The lowest BCUT2D eigenvalue weighted by Gasteiger charge is -2.03. The molecular formula is C7H18N2O3S. The second kappa shape index (κ2) is 8.15. The van der Waals surface area contributed by atoms with Crippen LogP contribution in [0.5, 0.6) is 0 Å². The highest BCUT2D eigenvalue weighted by atomic mass is 32.2. The molecule has 0 saturated carbocycles. The molecule has 0 aromatic carbocycles. The van der Waals surface area contributed by atoms with Gasteiger partial charge in [-0.2, -0.15) is 0 Å². The van der Waals surface area contributed by atoms with E-state index in [1.807, 2.05) is 0 Å². The monoisotopic (exact) mass is 210 g/mol. The Morgan fingerprint density at radius 2 is 1.54 bits per heavy atom. The topological polar surface area (TPSA) is 49.9 Å². The van der Waals surface area contributed by atoms with Crippen molar-refractivity contribution in [3.63, 3.8) is 0 Å². The largest absolute Gasteiger partial charge is 0.349 e. The molecule has 0 aromatic rings. The first-order valence-electron chi connectivity index (χ1n) is 3.64. The van der Waals surface area contributed by atoms with Gasteiger partial charge in [0.25, 0.3) is 0 Å². The first-order chi connectivity index (χ1) is 5.82. The normalized spacial score (nSPS) is 11.6. The standard InChI is InChI=1S/C4H9NO.C3H9NO2S/c1-4(6)5(2)3;1-4(2)7(5)6-3/h1-3H3;1-3H3. The highest BCUT2D eigenvalue weighted by molar-refractivity contribution is 7.77. The third kappa shape index (κ3) is 11.5. The lowest BCUT2D eigenvalue weighted by molar-refractivity contribution is -0.126. The Labute approximate surface area is 82.4 Å². The summed E-state index contributed by atoms with van der Waals surface area (Å²) in [5, 5.41) is 0. The van der Waals surface area contributed by atoms with Gasteiger partial charge < -0.3 is 4.90 Å². The van der Waals surface area contributed by atoms with Crippen LogP contribution >= 0.6 is 0 Å². The number of hydrogen-bond acceptors (Lipinski definition) is 3. The van der Waals surface area contributed by atoms with Crippen LogP contribution < -0.4 is 0 Å². The maximum absolute atomic E-state index is 10.3. The minimum Gasteiger partial charge on any atom is -0.349 e. The summed E-state index contributed by atoms with van der Waals surface area (Å²) in [7, 11) is 8.21. The van der Waals surface area contributed by atoms with Crippen LogP contribution in [0.1, 0.15) is 6.92 Å². The minimum atomic E-state index is -1.25. The van der Waals surface area contributed by atoms with Crippen molar-refractivity contribution in [1.82, 2.24) is 9.21 Å². The van der Waals surface area contributed by atoms with Gasteiger partial charge in [0, 0.05) is 35.1 Å². The molecule has 6 heteroatoms. The van der Waals surface area contributed by atoms with Crippen LogP contribution in [0, 0.1) is 0 Å². The van der Waals surface area contributed by atoms with Gasteiger partial charge in [-0.05, 0) is 0 Å². The van der Waals surface area contributed by atoms with Crippen molar-refractivity contribution in [2.45, 2.75) is 6.92 Å². The van der Waals surface area contributed by atoms with E-state index in [2.05, 4.69) is 4.18 Å². The molecule has 0 rings (SSSR count). The van der Waals surface area contributed by atoms with E-state index in [1.54, 1.807) is 28.2 Å². The van der Waals surface area contributed by atoms with E-state index < -0.39 is 11.3 Å². The van der Waals surface area contributed by atoms with Crippen LogP contribution in [0.3, 0.4) is 0 Å². The van der Waals surface area contributed by atoms with Gasteiger partial charge in [0.15, 0.2) is 0 Å². The average Bonchev–Trinajstić information content (AvgIpc) is 2.03. The van der Waals surface area contributed by atoms with E-state index in [1.165, 1.54) is 23.2 Å². The Bertz CT molecular complexity index is 171. The smallest absolute Gasteiger partial charge is 0.236 e. The van der Waals surface area contributed by atoms with Crippen LogP contribution in [-0.2, 0) is 20.2 Å². The molecule has 1 atom stereocenters. The van der Waals surface area contributed by atoms with Crippen molar-refractivity contribution in [1.29, 1.82) is 0 Å². The Balaban J connectivity index is 0. The Morgan fingerprint density at radius 1 is 1.23 bits per heavy atom. The average molecular weight is 210 g/mol. The Hall–Kier alpha value is -0.460. The van der Waals surface area contributed by atoms with E-state index in [0.29, 0.717) is 0 Å². The third-order valence-corrected chi connectivity index (χ3v) is 1.95. The van der Waals surface area contributed by atoms with Crippen molar-refractivity contribution >= 4 is 17.2 Å². The zero-order valence-electron chi connectivity index (χ0n) is 9.03. The number of rotatable bonds is 2. The summed E-state index contributed by atoms with van der Waals surface area (Å²) in [6.07, 6.45) is 0. The van der Waals surface area contributed by atoms with Gasteiger partial charge in [0.05, 0.1) is 7.11 Å². The zero-order valence-corrected chi connectivity index (χ0v) is 9.84. The number of carbonyl (C=O) groups excluding carboxylic acids is 1. The van der Waals surface area contributed by atoms with E-state index in [-0.39, 0.29) is 5.91 Å². The molecule has 0 heterocycles. The van der Waals surface area contributed by atoms with Crippen molar-refractivity contribution in [3.8, 4) is 0 Å². The molecule has 1 unspecified atom stereocenters. The molecule has 5 nitrogen and oxygen atoms in total. The molecule has 0 N–H and O–H groups in total. The second-order valence-electron chi connectivity index (χ2n) is 2.61. The van der Waals surface area contributed by atoms with E-state index >= 15 is 0 Å². The zero-order chi connectivity index (χ0) is 11.0. The summed E-state index contributed by atoms with van der Waals surface area (Å²) < 4.78 is 16.2. The van der Waals surface area contributed by atoms with Crippen LogP contribution in [0.2, 0.25) is 0 Å². The molecule has 80 valence electrons. The summed E-state index contributed by atoms with van der Waals surface area (Å²) in [6.45, 7) is 1.53. The van der Waals surface area contributed by atoms with Gasteiger partial charge in [-0.1, -0.05) is 0 Å². The summed E-state index contributed by atoms with van der Waals surface area (Å²) in [6, 6.07) is 0. The van der Waals surface area contributed by atoms with Crippen molar-refractivity contribution in [2.24, 2.45) is 0 Å². The molecule has 0 saturated heterocycles. The highest BCUT2D eigenvalue weighted by Gasteiger charge is 1.95. The van der Waals surface area contributed by atoms with Crippen molar-refractivity contribution < 1.29 is 13.2 Å². The fourth-order valence-electron chi connectivity index (χ4n) is 0.149. The Kier molecular flexibility index (Phi) is 9.43. The van der Waals surface area contributed by atoms with Crippen molar-refractivity contribution in [2.75, 3.05) is 35.3 Å². The SMILES string of the molecule is CC(=O)N(C)C.COS(=O)N(C)C. The van der Waals surface area contributed by atoms with Crippen molar-refractivity contribution in [3.05, 3.63) is 0 Å². The molecule has 0 fully saturated rings. The van der Waals surface area contributed by atoms with Gasteiger partial charge in [-0.15, -0.1) is 0 Å². The predicted octanol–water partition coefficient (Wildman–Crippen LogP) is -0.132. The maximum Gasteiger partial charge on any atom is 0.236 e. The first-order valence-corrected chi connectivity index (χ1v) is 4.67. The summed E-state index contributed by atoms with van der Waals surface area (Å²) in [5.41, 5.74) is 0. The van der Waals surface area contributed by atoms with E-state index in [4.69, 9.17) is 0 Å². The summed E-state index contributed by atoms with van der Waals surface area (Å²) in [4.78, 5) is 11.6. The molecule has 1 amide bonds. The molecule has 0 aromatic heterocycles. The maximum atomic E-state index is 10.3. The van der Waals surface area contributed by atoms with Crippen LogP contribution in [-0.4, -0.2) is 54.6 Å². The minimum absolute atomic E-state index is 0.0926. The van der Waals surface area contributed by atoms with E-state index in [0.717, 1.165) is 0 Å². The summed E-state index contributed by atoms with van der Waals surface area (Å²) in [5.74, 6) is 0.0926. The lowest BCUT2D eigenvalue weighted by atomic mass is 10.7. The molecule has 0 aliphatic rings. The molecule has 0 aliphatic heterocycles. The van der Waals surface area contributed by atoms with Crippen LogP contribution in [0.25, 0.3) is 0 Å². The Morgan fingerprint density at radius 3 is 1.54 bits per heavy atom. The van der Waals surface area contributed by atoms with Gasteiger partial charge in [-0.25, -0.2) is 8.51 Å². The molecule has 0 radical (unpaired) electrons. The molecular weight excluding hydrogens is 192 g/mol. The van der Waals surface area contributed by atoms with Gasteiger partial charge in [0.2, 0.25) is 17.2 Å². The highest BCUT2D eigenvalue weighted by Crippen LogP contribution is 1.82. The third-order valence-electron chi connectivity index (χ3n) is 1.07. The summed E-state index contributed by atoms with van der Waals surface area (Å²) >= 11 is -1.25. The molecule has 0 aliphatic carbocycles. The quantitative estimate of drug-likeness (QED) is 0.638. The van der Waals surface area contributed by atoms with Crippen LogP contribution in [0.4, 0.5) is 0 Å². The molecule has 0 bridgehead atoms. The van der Waals surface area contributed by atoms with Gasteiger partial charge in [-0.3, -0.25) is 8.98 Å². The second-order valence-corrected chi connectivity index (χ2v) is 4.11. The lowest BCUT2D eigenvalue weighted by Crippen LogP contribution is -2.17. The number of hydrogen-bond donors (Lipinski definition) is 0. The fourth-order valence-corrected chi connectivity index (χ4v) is 0.447. The number of nitrogens with zero attached hydrogens (tertiary/aromatic N) is 2. The van der Waals surface area contributed by atoms with E-state index in [9.17, 15) is 9.00 Å². The van der Waals surface area contributed by atoms with Gasteiger partial charge >= 0.3 is 0 Å². The number of carbonyl (C=O) groups is 1. The van der Waals surface area contributed by atoms with Crippen LogP contribution in [0.15, 0.2) is 0 Å². The molecule has 0 spiro atoms. The first kappa shape index (κ1) is 15.0. The number of amides is 1. The van der Waals surface area contributed by atoms with Gasteiger partial charge in [0.1, 0.15) is 0 Å².